The molecule has 0 aliphatic heterocycles. The summed E-state index contributed by atoms with van der Waals surface area (Å²) in [5.74, 6) is 0.0863. The van der Waals surface area contributed by atoms with Crippen molar-refractivity contribution in [3.8, 4) is 0 Å². The molecule has 0 spiro atoms. The van der Waals surface area contributed by atoms with Crippen molar-refractivity contribution in [2.75, 3.05) is 18.9 Å². The summed E-state index contributed by atoms with van der Waals surface area (Å²) in [6, 6.07) is 4.76. The molecule has 19 heavy (non-hydrogen) atoms. The number of hydrogen-bond donors (Lipinski definition) is 3. The molecule has 0 amide bonds. The first-order valence-corrected chi connectivity index (χ1v) is 6.23. The average molecular weight is 285 g/mol. The zero-order chi connectivity index (χ0) is 14.3. The number of nitrogens with zero attached hydrogens (tertiary/aromatic N) is 1. The topological polar surface area (TPSA) is 48.5 Å². The lowest BCUT2D eigenvalue weighted by Crippen LogP contribution is -2.36. The van der Waals surface area contributed by atoms with E-state index < -0.39 is 5.82 Å². The summed E-state index contributed by atoms with van der Waals surface area (Å²) in [7, 11) is 1.69. The Bertz CT molecular complexity index is 462. The Balaban J connectivity index is 2.45. The predicted molar refractivity (Wildman–Crippen MR) is 79.2 cm³/mol. The van der Waals surface area contributed by atoms with Crippen LogP contribution in [0, 0.1) is 5.82 Å². The van der Waals surface area contributed by atoms with Gasteiger partial charge in [-0.1, -0.05) is 24.2 Å². The van der Waals surface area contributed by atoms with Crippen molar-refractivity contribution in [2.24, 2.45) is 4.99 Å². The number of benzene rings is 1. The summed E-state index contributed by atoms with van der Waals surface area (Å²) in [6.45, 7) is 6.45. The van der Waals surface area contributed by atoms with Gasteiger partial charge in [-0.25, -0.2) is 4.39 Å². The van der Waals surface area contributed by atoms with Crippen LogP contribution >= 0.6 is 11.6 Å². The summed E-state index contributed by atoms with van der Waals surface area (Å²) >= 11 is 5.83. The molecule has 0 radical (unpaired) electrons. The van der Waals surface area contributed by atoms with Crippen molar-refractivity contribution in [1.29, 1.82) is 0 Å². The maximum absolute atomic E-state index is 13.2. The quantitative estimate of drug-likeness (QED) is 0.533. The molecular weight excluding hydrogens is 267 g/mol. The van der Waals surface area contributed by atoms with Gasteiger partial charge in [0, 0.05) is 19.6 Å². The number of hydrogen-bond acceptors (Lipinski definition) is 3. The molecule has 6 heteroatoms. The van der Waals surface area contributed by atoms with Crippen molar-refractivity contribution >= 4 is 23.6 Å². The lowest BCUT2D eigenvalue weighted by molar-refractivity contribution is 0.619. The third kappa shape index (κ3) is 5.18. The second-order valence-corrected chi connectivity index (χ2v) is 4.42. The molecule has 1 aromatic rings. The van der Waals surface area contributed by atoms with E-state index in [2.05, 4.69) is 27.5 Å². The summed E-state index contributed by atoms with van der Waals surface area (Å²) < 4.78 is 13.2. The fourth-order valence-electron chi connectivity index (χ4n) is 1.34. The van der Waals surface area contributed by atoms with Crippen LogP contribution in [0.25, 0.3) is 0 Å². The lowest BCUT2D eigenvalue weighted by Gasteiger charge is -2.17. The monoisotopic (exact) mass is 284 g/mol. The largest absolute Gasteiger partial charge is 0.372 e. The van der Waals surface area contributed by atoms with Gasteiger partial charge >= 0.3 is 0 Å². The van der Waals surface area contributed by atoms with E-state index in [-0.39, 0.29) is 11.1 Å². The van der Waals surface area contributed by atoms with Gasteiger partial charge in [-0.15, -0.1) is 0 Å². The Morgan fingerprint density at radius 3 is 3.00 bits per heavy atom. The van der Waals surface area contributed by atoms with Crippen LogP contribution in [-0.2, 0) is 0 Å². The Morgan fingerprint density at radius 1 is 1.58 bits per heavy atom. The van der Waals surface area contributed by atoms with Gasteiger partial charge in [0.25, 0.3) is 0 Å². The van der Waals surface area contributed by atoms with Crippen molar-refractivity contribution in [2.45, 2.75) is 13.0 Å². The summed E-state index contributed by atoms with van der Waals surface area (Å²) in [5.41, 5.74) is 0.481. The first kappa shape index (κ1) is 15.3. The first-order valence-electron chi connectivity index (χ1n) is 5.85. The highest BCUT2D eigenvalue weighted by Gasteiger charge is 2.06. The number of rotatable bonds is 7. The molecular formula is C13H18ClFN4. The molecule has 4 nitrogen and oxygen atoms in total. The van der Waals surface area contributed by atoms with Crippen molar-refractivity contribution in [3.05, 3.63) is 41.4 Å². The van der Waals surface area contributed by atoms with Crippen molar-refractivity contribution in [3.63, 3.8) is 0 Å². The van der Waals surface area contributed by atoms with Gasteiger partial charge in [0.1, 0.15) is 5.82 Å². The van der Waals surface area contributed by atoms with E-state index in [1.165, 1.54) is 6.07 Å². The van der Waals surface area contributed by atoms with E-state index in [0.717, 1.165) is 0 Å². The van der Waals surface area contributed by atoms with Gasteiger partial charge in [-0.2, -0.15) is 0 Å². The molecule has 3 N–H and O–H groups in total. The van der Waals surface area contributed by atoms with Gasteiger partial charge in [0.2, 0.25) is 0 Å². The van der Waals surface area contributed by atoms with E-state index in [1.807, 2.05) is 6.92 Å². The highest BCUT2D eigenvalue weighted by molar-refractivity contribution is 6.33. The third-order valence-corrected chi connectivity index (χ3v) is 2.73. The lowest BCUT2D eigenvalue weighted by atomic mass is 10.3. The van der Waals surface area contributed by atoms with Crippen molar-refractivity contribution < 1.29 is 4.39 Å². The van der Waals surface area contributed by atoms with E-state index in [9.17, 15) is 4.39 Å². The molecule has 0 heterocycles. The highest BCUT2D eigenvalue weighted by Crippen LogP contribution is 2.24. The Hall–Kier alpha value is -1.75. The molecule has 0 bridgehead atoms. The van der Waals surface area contributed by atoms with Crippen LogP contribution in [0.4, 0.5) is 10.1 Å². The minimum absolute atomic E-state index is 0.0507. The third-order valence-electron chi connectivity index (χ3n) is 2.35. The van der Waals surface area contributed by atoms with Crippen LogP contribution in [0.5, 0.6) is 0 Å². The second-order valence-electron chi connectivity index (χ2n) is 4.04. The Morgan fingerprint density at radius 2 is 2.32 bits per heavy atom. The van der Waals surface area contributed by atoms with Crippen molar-refractivity contribution in [1.82, 2.24) is 10.6 Å². The van der Waals surface area contributed by atoms with Crippen LogP contribution in [-0.4, -0.2) is 26.0 Å². The van der Waals surface area contributed by atoms with Gasteiger partial charge in [-0.3, -0.25) is 4.99 Å². The molecule has 1 rings (SSSR count). The molecule has 0 aliphatic carbocycles. The van der Waals surface area contributed by atoms with Crippen LogP contribution in [0.2, 0.25) is 5.02 Å². The zero-order valence-electron chi connectivity index (χ0n) is 11.0. The van der Waals surface area contributed by atoms with Crippen LogP contribution in [0.15, 0.2) is 35.6 Å². The minimum atomic E-state index is -0.464. The molecule has 0 aliphatic rings. The first-order chi connectivity index (χ1) is 9.04. The standard InChI is InChI=1S/C13H18ClFN4/c1-9(18-8-16-3)7-17-10(2)19-12-6-4-5-11(15)13(12)14/h4-6,8-9,17,19H,2,7H2,1,3H3,(H,16,18). The normalized spacial score (nSPS) is 12.2. The molecule has 0 saturated heterocycles. The highest BCUT2D eigenvalue weighted by atomic mass is 35.5. The van der Waals surface area contributed by atoms with Crippen LogP contribution in [0.3, 0.4) is 0 Å². The number of anilines is 1. The molecule has 1 aromatic carbocycles. The smallest absolute Gasteiger partial charge is 0.143 e. The van der Waals surface area contributed by atoms with Gasteiger partial charge in [0.15, 0.2) is 0 Å². The molecule has 1 unspecified atom stereocenters. The van der Waals surface area contributed by atoms with Gasteiger partial charge in [-0.05, 0) is 19.1 Å². The van der Waals surface area contributed by atoms with E-state index >= 15 is 0 Å². The molecule has 104 valence electrons. The SMILES string of the molecule is C=C(NCC(C)NC=NC)Nc1cccc(F)c1Cl. The van der Waals surface area contributed by atoms with Gasteiger partial charge in [0.05, 0.1) is 22.9 Å². The van der Waals surface area contributed by atoms with E-state index in [4.69, 9.17) is 11.6 Å². The molecule has 0 fully saturated rings. The number of nitrogens with one attached hydrogen (secondary N) is 3. The number of aliphatic imine (C=N–C) groups is 1. The predicted octanol–water partition coefficient (Wildman–Crippen LogP) is 2.59. The average Bonchev–Trinajstić information content (AvgIpc) is 2.39. The molecule has 0 saturated carbocycles. The maximum atomic E-state index is 13.2. The van der Waals surface area contributed by atoms with Crippen LogP contribution < -0.4 is 16.0 Å². The Kier molecular flexibility index (Phi) is 6.15. The molecule has 1 atom stereocenters. The zero-order valence-corrected chi connectivity index (χ0v) is 11.8. The fourth-order valence-corrected chi connectivity index (χ4v) is 1.52. The Labute approximate surface area is 117 Å². The molecule has 0 aromatic heterocycles. The summed E-state index contributed by atoms with van der Waals surface area (Å²) in [6.07, 6.45) is 1.63. The van der Waals surface area contributed by atoms with Gasteiger partial charge < -0.3 is 16.0 Å². The fraction of sp³-hybridized carbons (Fsp3) is 0.308. The van der Waals surface area contributed by atoms with Crippen LogP contribution in [0.1, 0.15) is 6.92 Å². The van der Waals surface area contributed by atoms with E-state index in [1.54, 1.807) is 25.5 Å². The number of halogens is 2. The second kappa shape index (κ2) is 7.63. The summed E-state index contributed by atoms with van der Waals surface area (Å²) in [5, 5.41) is 9.11. The summed E-state index contributed by atoms with van der Waals surface area (Å²) in [4.78, 5) is 3.83. The minimum Gasteiger partial charge on any atom is -0.372 e. The van der Waals surface area contributed by atoms with E-state index in [0.29, 0.717) is 18.1 Å². The maximum Gasteiger partial charge on any atom is 0.143 e.